The number of rotatable bonds is 9. The van der Waals surface area contributed by atoms with Gasteiger partial charge in [0.05, 0.1) is 23.3 Å². The van der Waals surface area contributed by atoms with Gasteiger partial charge in [0.2, 0.25) is 10.0 Å². The van der Waals surface area contributed by atoms with Crippen molar-refractivity contribution in [3.05, 3.63) is 47.5 Å². The first-order valence-electron chi connectivity index (χ1n) is 10.5. The summed E-state index contributed by atoms with van der Waals surface area (Å²) in [5, 5.41) is 5.20. The Morgan fingerprint density at radius 2 is 1.97 bits per heavy atom. The minimum absolute atomic E-state index is 0.0479. The molecule has 3 rings (SSSR count). The van der Waals surface area contributed by atoms with Crippen molar-refractivity contribution in [3.63, 3.8) is 0 Å². The summed E-state index contributed by atoms with van der Waals surface area (Å²) in [6, 6.07) is 9.50. The van der Waals surface area contributed by atoms with Gasteiger partial charge in [-0.1, -0.05) is 24.3 Å². The fourth-order valence-electron chi connectivity index (χ4n) is 3.85. The number of ether oxygens (including phenoxy) is 3. The van der Waals surface area contributed by atoms with Crippen LogP contribution in [-0.4, -0.2) is 27.6 Å². The van der Waals surface area contributed by atoms with Gasteiger partial charge in [0.15, 0.2) is 0 Å². The molecule has 0 amide bonds. The zero-order valence-electron chi connectivity index (χ0n) is 18.6. The quantitative estimate of drug-likeness (QED) is 0.525. The standard InChI is InChI=1S/C23H27F2NO6S/c1-4-30-21(27)23(2,3)11-10-17-16-12-14(13-33(26,28)29)8-9-15(16)20-18(31-17)6-5-7-19(20)32-22(24)25/h5-9,12,17,22H,4,10-11,13H2,1-3H3,(H2,26,28,29). The largest absolute Gasteiger partial charge is 0.485 e. The van der Waals surface area contributed by atoms with E-state index >= 15 is 0 Å². The number of alkyl halides is 2. The number of benzene rings is 2. The second kappa shape index (κ2) is 9.64. The molecule has 0 bridgehead atoms. The van der Waals surface area contributed by atoms with Crippen LogP contribution in [0.4, 0.5) is 8.78 Å². The molecule has 0 saturated carbocycles. The van der Waals surface area contributed by atoms with Crippen molar-refractivity contribution < 1.29 is 36.2 Å². The third kappa shape index (κ3) is 6.00. The average Bonchev–Trinajstić information content (AvgIpc) is 2.70. The molecule has 1 aliphatic heterocycles. The van der Waals surface area contributed by atoms with Gasteiger partial charge in [-0.25, -0.2) is 13.6 Å². The van der Waals surface area contributed by atoms with Crippen LogP contribution in [0.5, 0.6) is 11.5 Å². The molecule has 0 spiro atoms. The number of fused-ring (bicyclic) bond motifs is 3. The Bertz CT molecular complexity index is 1130. The van der Waals surface area contributed by atoms with Gasteiger partial charge in [-0.2, -0.15) is 8.78 Å². The molecule has 2 aromatic carbocycles. The van der Waals surface area contributed by atoms with Crippen molar-refractivity contribution in [2.75, 3.05) is 6.61 Å². The zero-order chi connectivity index (χ0) is 24.4. The Labute approximate surface area is 191 Å². The molecule has 0 fully saturated rings. The Kier molecular flexibility index (Phi) is 7.28. The molecule has 1 unspecified atom stereocenters. The van der Waals surface area contributed by atoms with Crippen LogP contribution in [0.1, 0.15) is 50.8 Å². The predicted octanol–water partition coefficient (Wildman–Crippen LogP) is 4.55. The summed E-state index contributed by atoms with van der Waals surface area (Å²) in [6.45, 7) is 2.52. The molecule has 10 heteroatoms. The minimum atomic E-state index is -3.78. The summed E-state index contributed by atoms with van der Waals surface area (Å²) in [6.07, 6.45) is 0.262. The number of primary sulfonamides is 1. The third-order valence-electron chi connectivity index (χ3n) is 5.43. The van der Waals surface area contributed by atoms with Gasteiger partial charge in [-0.15, -0.1) is 0 Å². The summed E-state index contributed by atoms with van der Waals surface area (Å²) >= 11 is 0. The number of halogens is 2. The smallest absolute Gasteiger partial charge is 0.387 e. The Balaban J connectivity index is 2.02. The highest BCUT2D eigenvalue weighted by Gasteiger charge is 2.34. The third-order valence-corrected chi connectivity index (χ3v) is 6.17. The van der Waals surface area contributed by atoms with Gasteiger partial charge in [-0.3, -0.25) is 4.79 Å². The maximum atomic E-state index is 13.0. The van der Waals surface area contributed by atoms with E-state index in [-0.39, 0.29) is 24.1 Å². The molecule has 2 N–H and O–H groups in total. The molecule has 33 heavy (non-hydrogen) atoms. The zero-order valence-corrected chi connectivity index (χ0v) is 19.5. The maximum Gasteiger partial charge on any atom is 0.387 e. The number of nitrogens with two attached hydrogens (primary N) is 1. The van der Waals surface area contributed by atoms with Crippen LogP contribution < -0.4 is 14.6 Å². The van der Waals surface area contributed by atoms with E-state index in [1.807, 2.05) is 0 Å². The second-order valence-corrected chi connectivity index (χ2v) is 10.1. The second-order valence-electron chi connectivity index (χ2n) is 8.49. The van der Waals surface area contributed by atoms with Crippen LogP contribution >= 0.6 is 0 Å². The topological polar surface area (TPSA) is 105 Å². The highest BCUT2D eigenvalue weighted by molar-refractivity contribution is 7.88. The van der Waals surface area contributed by atoms with E-state index in [0.717, 1.165) is 0 Å². The van der Waals surface area contributed by atoms with Crippen LogP contribution in [0.15, 0.2) is 36.4 Å². The molecule has 1 atom stereocenters. The first-order chi connectivity index (χ1) is 15.4. The molecule has 0 radical (unpaired) electrons. The van der Waals surface area contributed by atoms with Gasteiger partial charge < -0.3 is 14.2 Å². The fourth-order valence-corrected chi connectivity index (χ4v) is 4.49. The van der Waals surface area contributed by atoms with Gasteiger partial charge >= 0.3 is 12.6 Å². The van der Waals surface area contributed by atoms with Crippen LogP contribution in [0.2, 0.25) is 0 Å². The number of carbonyl (C=O) groups excluding carboxylic acids is 1. The average molecular weight is 484 g/mol. The Hall–Kier alpha value is -2.72. The monoisotopic (exact) mass is 483 g/mol. The number of hydrogen-bond acceptors (Lipinski definition) is 6. The SMILES string of the molecule is CCOC(=O)C(C)(C)CCC1Oc2cccc(OC(F)F)c2-c2ccc(CS(N)(=O)=O)cc21. The normalized spacial score (nSPS) is 15.4. The van der Waals surface area contributed by atoms with E-state index in [2.05, 4.69) is 0 Å². The van der Waals surface area contributed by atoms with Gasteiger partial charge in [0.1, 0.15) is 17.6 Å². The number of sulfonamides is 1. The molecule has 2 aromatic rings. The lowest BCUT2D eigenvalue weighted by molar-refractivity contribution is -0.154. The Morgan fingerprint density at radius 3 is 2.61 bits per heavy atom. The van der Waals surface area contributed by atoms with Crippen molar-refractivity contribution in [3.8, 4) is 22.6 Å². The summed E-state index contributed by atoms with van der Waals surface area (Å²) < 4.78 is 65.2. The molecule has 180 valence electrons. The van der Waals surface area contributed by atoms with E-state index in [4.69, 9.17) is 19.3 Å². The maximum absolute atomic E-state index is 13.0. The van der Waals surface area contributed by atoms with Gasteiger partial charge in [0, 0.05) is 5.56 Å². The molecule has 7 nitrogen and oxygen atoms in total. The Morgan fingerprint density at radius 1 is 1.24 bits per heavy atom. The van der Waals surface area contributed by atoms with E-state index in [9.17, 15) is 22.0 Å². The lowest BCUT2D eigenvalue weighted by Gasteiger charge is -2.32. The van der Waals surface area contributed by atoms with E-state index < -0.39 is 28.2 Å². The number of hydrogen-bond donors (Lipinski definition) is 1. The summed E-state index contributed by atoms with van der Waals surface area (Å²) in [4.78, 5) is 12.3. The first kappa shape index (κ1) is 24.9. The molecule has 0 aliphatic carbocycles. The molecule has 1 heterocycles. The van der Waals surface area contributed by atoms with Crippen molar-refractivity contribution in [1.29, 1.82) is 0 Å². The lowest BCUT2D eigenvalue weighted by atomic mass is 9.83. The van der Waals surface area contributed by atoms with E-state index in [1.54, 1.807) is 51.1 Å². The van der Waals surface area contributed by atoms with E-state index in [1.165, 1.54) is 6.07 Å². The summed E-state index contributed by atoms with van der Waals surface area (Å²) in [5.41, 5.74) is 1.21. The van der Waals surface area contributed by atoms with E-state index in [0.29, 0.717) is 40.8 Å². The van der Waals surface area contributed by atoms with Crippen molar-refractivity contribution >= 4 is 16.0 Å². The van der Waals surface area contributed by atoms with Crippen LogP contribution in [0.25, 0.3) is 11.1 Å². The minimum Gasteiger partial charge on any atom is -0.485 e. The van der Waals surface area contributed by atoms with Gasteiger partial charge in [0.25, 0.3) is 0 Å². The number of carbonyl (C=O) groups is 1. The van der Waals surface area contributed by atoms with Crippen molar-refractivity contribution in [2.24, 2.45) is 10.6 Å². The molecule has 0 saturated heterocycles. The van der Waals surface area contributed by atoms with Crippen LogP contribution in [0.3, 0.4) is 0 Å². The number of esters is 1. The molecular formula is C23H27F2NO6S. The molecule has 0 aromatic heterocycles. The summed E-state index contributed by atoms with van der Waals surface area (Å²) in [7, 11) is -3.78. The van der Waals surface area contributed by atoms with Gasteiger partial charge in [-0.05, 0) is 56.9 Å². The lowest BCUT2D eigenvalue weighted by Crippen LogP contribution is -2.28. The highest BCUT2D eigenvalue weighted by atomic mass is 32.2. The molecular weight excluding hydrogens is 456 g/mol. The summed E-state index contributed by atoms with van der Waals surface area (Å²) in [5.74, 6) is -0.410. The van der Waals surface area contributed by atoms with Crippen molar-refractivity contribution in [2.45, 2.75) is 52.1 Å². The highest BCUT2D eigenvalue weighted by Crippen LogP contribution is 2.49. The molecule has 1 aliphatic rings. The first-order valence-corrected chi connectivity index (χ1v) is 12.2. The van der Waals surface area contributed by atoms with Crippen LogP contribution in [0, 0.1) is 5.41 Å². The van der Waals surface area contributed by atoms with Crippen molar-refractivity contribution in [1.82, 2.24) is 0 Å². The predicted molar refractivity (Wildman–Crippen MR) is 118 cm³/mol. The van der Waals surface area contributed by atoms with Crippen LogP contribution in [-0.2, 0) is 25.3 Å². The fraction of sp³-hybridized carbons (Fsp3) is 0.435.